The maximum absolute atomic E-state index is 12.9. The van der Waals surface area contributed by atoms with Crippen LogP contribution in [0.5, 0.6) is 0 Å². The van der Waals surface area contributed by atoms with Crippen molar-refractivity contribution in [2.75, 3.05) is 47.5 Å². The summed E-state index contributed by atoms with van der Waals surface area (Å²) < 4.78 is 34.4. The van der Waals surface area contributed by atoms with E-state index in [1.807, 2.05) is 21.1 Å². The smallest absolute Gasteiger partial charge is 0.306 e. The van der Waals surface area contributed by atoms with E-state index in [-0.39, 0.29) is 32.0 Å². The van der Waals surface area contributed by atoms with Crippen LogP contribution >= 0.6 is 7.82 Å². The summed E-state index contributed by atoms with van der Waals surface area (Å²) in [5.74, 6) is -0.840. The average molecular weight is 1410 g/mol. The molecule has 0 aliphatic carbocycles. The number of hydrogen-bond acceptors (Lipinski definition) is 8. The van der Waals surface area contributed by atoms with E-state index in [2.05, 4.69) is 196 Å². The summed E-state index contributed by atoms with van der Waals surface area (Å²) in [7, 11) is 1.15. The SMILES string of the molecule is CC/C=C\C/C=C\C/C=C\C/C=C\C/C=C\C/C=C\C/C=C\C/C=C\C/C=C\CCCCCCCCCCCC(=O)OC(COC(=O)CCCCCCCCCCCCCCCCCCCCCC/C=C\C/C=C\C/C=C\C/C=C\C/C=C\C/C=C\CC)COP(=O)([O-])OCC[N+](C)(C)C. The number of ether oxygens (including phenoxy) is 2. The minimum Gasteiger partial charge on any atom is -0.756 e. The zero-order chi connectivity index (χ0) is 72.5. The van der Waals surface area contributed by atoms with Crippen LogP contribution < -0.4 is 4.89 Å². The van der Waals surface area contributed by atoms with Crippen LogP contribution in [-0.2, 0) is 32.7 Å². The molecule has 0 aromatic rings. The first-order valence-electron chi connectivity index (χ1n) is 40.5. The van der Waals surface area contributed by atoms with E-state index in [1.54, 1.807) is 0 Å². The molecule has 0 rings (SSSR count). The second-order valence-corrected chi connectivity index (χ2v) is 29.1. The second-order valence-electron chi connectivity index (χ2n) is 27.7. The Balaban J connectivity index is 4.02. The molecule has 0 aromatic carbocycles. The molecule has 0 aromatic heterocycles. The minimum atomic E-state index is -4.66. The van der Waals surface area contributed by atoms with Gasteiger partial charge < -0.3 is 27.9 Å². The van der Waals surface area contributed by atoms with Crippen molar-refractivity contribution in [3.05, 3.63) is 182 Å². The fraction of sp³-hybridized carbons (Fsp3) is 0.644. The Morgan fingerprint density at radius 2 is 0.540 bits per heavy atom. The number of esters is 2. The average Bonchev–Trinajstić information content (AvgIpc) is 1.02. The van der Waals surface area contributed by atoms with E-state index in [0.717, 1.165) is 141 Å². The molecule has 0 N–H and O–H groups in total. The van der Waals surface area contributed by atoms with E-state index in [0.29, 0.717) is 17.4 Å². The minimum absolute atomic E-state index is 0.0387. The second kappa shape index (κ2) is 78.3. The van der Waals surface area contributed by atoms with Gasteiger partial charge in [-0.3, -0.25) is 14.2 Å². The van der Waals surface area contributed by atoms with Crippen molar-refractivity contribution >= 4 is 19.8 Å². The van der Waals surface area contributed by atoms with Gasteiger partial charge in [-0.25, -0.2) is 0 Å². The van der Waals surface area contributed by atoms with Gasteiger partial charge >= 0.3 is 11.9 Å². The molecule has 2 unspecified atom stereocenters. The summed E-state index contributed by atoms with van der Waals surface area (Å²) in [6.07, 6.45) is 120. The summed E-state index contributed by atoms with van der Waals surface area (Å²) in [4.78, 5) is 38.2. The van der Waals surface area contributed by atoms with Crippen LogP contribution in [0.3, 0.4) is 0 Å². The third kappa shape index (κ3) is 82.1. The van der Waals surface area contributed by atoms with Crippen LogP contribution in [0.2, 0.25) is 0 Å². The van der Waals surface area contributed by atoms with E-state index < -0.39 is 26.5 Å². The van der Waals surface area contributed by atoms with Crippen molar-refractivity contribution in [1.82, 2.24) is 0 Å². The van der Waals surface area contributed by atoms with Gasteiger partial charge in [-0.2, -0.15) is 0 Å². The maximum atomic E-state index is 12.9. The molecular weight excluding hydrogens is 1250 g/mol. The first-order valence-corrected chi connectivity index (χ1v) is 42.0. The van der Waals surface area contributed by atoms with Crippen LogP contribution in [0.1, 0.15) is 322 Å². The van der Waals surface area contributed by atoms with Gasteiger partial charge in [0, 0.05) is 12.8 Å². The molecule has 0 fully saturated rings. The molecule has 0 radical (unpaired) electrons. The number of likely N-dealkylation sites (N-methyl/N-ethyl adjacent to an activating group) is 1. The molecule has 0 aliphatic rings. The van der Waals surface area contributed by atoms with Crippen molar-refractivity contribution in [2.24, 2.45) is 0 Å². The zero-order valence-corrected chi connectivity index (χ0v) is 65.7. The van der Waals surface area contributed by atoms with Crippen LogP contribution in [0, 0.1) is 0 Å². The molecule has 0 heterocycles. The van der Waals surface area contributed by atoms with Crippen LogP contribution in [0.4, 0.5) is 0 Å². The van der Waals surface area contributed by atoms with Crippen molar-refractivity contribution in [3.63, 3.8) is 0 Å². The number of quaternary nitrogens is 1. The van der Waals surface area contributed by atoms with Gasteiger partial charge in [0.05, 0.1) is 27.7 Å². The Morgan fingerprint density at radius 1 is 0.310 bits per heavy atom. The number of rotatable bonds is 73. The fourth-order valence-electron chi connectivity index (χ4n) is 10.8. The number of phosphoric ester groups is 1. The van der Waals surface area contributed by atoms with Gasteiger partial charge in [-0.15, -0.1) is 0 Å². The number of carbonyl (C=O) groups is 2. The number of allylic oxidation sites excluding steroid dienone is 30. The van der Waals surface area contributed by atoms with Crippen molar-refractivity contribution < 1.29 is 42.1 Å². The molecule has 568 valence electrons. The Hall–Kier alpha value is -4.89. The summed E-state index contributed by atoms with van der Waals surface area (Å²) >= 11 is 0. The predicted molar refractivity (Wildman–Crippen MR) is 433 cm³/mol. The lowest BCUT2D eigenvalue weighted by molar-refractivity contribution is -0.870. The number of unbranched alkanes of at least 4 members (excludes halogenated alkanes) is 29. The third-order valence-electron chi connectivity index (χ3n) is 16.9. The monoisotopic (exact) mass is 1400 g/mol. The molecule has 0 saturated carbocycles. The lowest BCUT2D eigenvalue weighted by atomic mass is 10.0. The Morgan fingerprint density at radius 3 is 0.800 bits per heavy atom. The van der Waals surface area contributed by atoms with Gasteiger partial charge in [-0.1, -0.05) is 357 Å². The van der Waals surface area contributed by atoms with Crippen LogP contribution in [0.25, 0.3) is 0 Å². The van der Waals surface area contributed by atoms with Gasteiger partial charge in [0.1, 0.15) is 19.8 Å². The summed E-state index contributed by atoms with van der Waals surface area (Å²) in [6, 6.07) is 0. The molecular formula is C90H150NO8P. The number of nitrogens with zero attached hydrogens (tertiary/aromatic N) is 1. The highest BCUT2D eigenvalue weighted by Crippen LogP contribution is 2.38. The molecule has 0 bridgehead atoms. The topological polar surface area (TPSA) is 111 Å². The van der Waals surface area contributed by atoms with Gasteiger partial charge in [0.15, 0.2) is 6.10 Å². The molecule has 10 heteroatoms. The van der Waals surface area contributed by atoms with Crippen molar-refractivity contribution in [1.29, 1.82) is 0 Å². The molecule has 100 heavy (non-hydrogen) atoms. The first kappa shape index (κ1) is 95.1. The summed E-state index contributed by atoms with van der Waals surface area (Å²) in [5, 5.41) is 0. The van der Waals surface area contributed by atoms with Crippen LogP contribution in [-0.4, -0.2) is 70.0 Å². The summed E-state index contributed by atoms with van der Waals surface area (Å²) in [6.45, 7) is 4.02. The highest BCUT2D eigenvalue weighted by Gasteiger charge is 2.22. The molecule has 0 aliphatic heterocycles. The number of hydrogen-bond donors (Lipinski definition) is 0. The fourth-order valence-corrected chi connectivity index (χ4v) is 11.6. The summed E-state index contributed by atoms with van der Waals surface area (Å²) in [5.41, 5.74) is 0. The maximum Gasteiger partial charge on any atom is 0.306 e. The molecule has 9 nitrogen and oxygen atoms in total. The Bertz CT molecular complexity index is 2350. The largest absolute Gasteiger partial charge is 0.756 e. The van der Waals surface area contributed by atoms with E-state index >= 15 is 0 Å². The first-order chi connectivity index (χ1) is 49.0. The Labute approximate surface area is 616 Å². The Kier molecular flexibility index (Phi) is 74.4. The zero-order valence-electron chi connectivity index (χ0n) is 64.8. The number of phosphoric acid groups is 1. The molecule has 0 saturated heterocycles. The normalized spacial score (nSPS) is 14.0. The third-order valence-corrected chi connectivity index (χ3v) is 17.9. The van der Waals surface area contributed by atoms with Crippen LogP contribution in [0.15, 0.2) is 182 Å². The van der Waals surface area contributed by atoms with Gasteiger partial charge in [-0.05, 0) is 135 Å². The van der Waals surface area contributed by atoms with E-state index in [9.17, 15) is 19.0 Å². The van der Waals surface area contributed by atoms with Gasteiger partial charge in [0.2, 0.25) is 0 Å². The highest BCUT2D eigenvalue weighted by molar-refractivity contribution is 7.45. The van der Waals surface area contributed by atoms with E-state index in [4.69, 9.17) is 18.5 Å². The number of carbonyl (C=O) groups excluding carboxylic acids is 2. The van der Waals surface area contributed by atoms with Crippen molar-refractivity contribution in [2.45, 2.75) is 328 Å². The lowest BCUT2D eigenvalue weighted by Crippen LogP contribution is -2.37. The standard InChI is InChI=1S/C90H150NO8P/c1-6-8-10-12-14-16-18-20-22-24-26-28-30-32-34-36-38-40-42-44-45-47-48-50-52-54-56-58-60-62-64-66-68-70-72-74-76-78-80-82-89(92)96-86-88(87-98-100(94,95)97-85-84-91(3,4)5)99-90(93)83-81-79-77-75-73-71-69-67-65-63-61-59-57-55-53-51-49-46-43-41-39-37-35-33-31-29-27-25-23-21-19-17-15-13-11-9-7-2/h8-11,14-17,20-23,26-29,32-35,38-41,46,49,53,55,59,61,88H,6-7,12-13,18-19,24-25,30-31,36-37,42-45,47-48,50-52,54,56-58,60,62-87H2,1-5H3/b10-8-,11-9-,16-14-,17-15-,22-20-,23-21-,28-26-,29-27-,34-32-,35-33-,40-38-,41-39-,49-46-,55-53-,61-59-. The lowest BCUT2D eigenvalue weighted by Gasteiger charge is -2.28. The van der Waals surface area contributed by atoms with Gasteiger partial charge in [0.25, 0.3) is 7.82 Å². The molecule has 0 amide bonds. The van der Waals surface area contributed by atoms with E-state index in [1.165, 1.54) is 148 Å². The highest BCUT2D eigenvalue weighted by atomic mass is 31.2. The van der Waals surface area contributed by atoms with Crippen molar-refractivity contribution in [3.8, 4) is 0 Å². The predicted octanol–water partition coefficient (Wildman–Crippen LogP) is 26.8. The quantitative estimate of drug-likeness (QED) is 0.0195. The molecule has 2 atom stereocenters. The molecule has 0 spiro atoms.